The van der Waals surface area contributed by atoms with Gasteiger partial charge in [0.2, 0.25) is 0 Å². The van der Waals surface area contributed by atoms with E-state index < -0.39 is 10.8 Å². The van der Waals surface area contributed by atoms with Gasteiger partial charge in [0.25, 0.3) is 0 Å². The Morgan fingerprint density at radius 3 is 0.958 bits per heavy atom. The third-order valence-electron chi connectivity index (χ3n) is 14.1. The first-order chi connectivity index (χ1) is 23.1. The fourth-order valence-electron chi connectivity index (χ4n) is 11.9. The van der Waals surface area contributed by atoms with Crippen molar-refractivity contribution in [2.75, 3.05) is 0 Å². The van der Waals surface area contributed by atoms with Crippen molar-refractivity contribution in [2.45, 2.75) is 143 Å². The van der Waals surface area contributed by atoms with Crippen molar-refractivity contribution in [1.82, 2.24) is 42.5 Å². The molecule has 9 aliphatic rings. The van der Waals surface area contributed by atoms with E-state index in [0.29, 0.717) is 23.7 Å². The zero-order valence-electron chi connectivity index (χ0n) is 26.5. The molecule has 0 aromatic heterocycles. The molecule has 4 saturated carbocycles. The number of hydrogen-bond donors (Lipinski definition) is 8. The van der Waals surface area contributed by atoms with E-state index in [1.54, 1.807) is 0 Å². The molecule has 8 N–H and O–H groups in total. The van der Waals surface area contributed by atoms with Crippen LogP contribution in [0.1, 0.15) is 51.4 Å². The Kier molecular flexibility index (Phi) is 10.6. The maximum absolute atomic E-state index is 7.33. The topological polar surface area (TPSA) is 96.2 Å². The molecule has 0 amide bonds. The third kappa shape index (κ3) is 5.84. The van der Waals surface area contributed by atoms with E-state index in [2.05, 4.69) is 74.4 Å². The first kappa shape index (κ1) is 36.0. The molecule has 0 aromatic rings. The number of nitrogens with one attached hydrogen (secondary N) is 8. The lowest BCUT2D eigenvalue weighted by Crippen LogP contribution is -2.62. The highest BCUT2D eigenvalue weighted by atomic mass is 79.9. The summed E-state index contributed by atoms with van der Waals surface area (Å²) in [6, 6.07) is 0. The van der Waals surface area contributed by atoms with Crippen LogP contribution in [-0.2, 0) is 0 Å². The van der Waals surface area contributed by atoms with E-state index in [1.165, 1.54) is 51.4 Å². The minimum atomic E-state index is -0.454. The molecule has 5 aliphatic heterocycles. The van der Waals surface area contributed by atoms with Gasteiger partial charge in [-0.2, -0.15) is 0 Å². The molecule has 24 unspecified atom stereocenters. The fraction of sp³-hybridized carbons (Fsp3) is 1.00. The smallest absolute Gasteiger partial charge is 0.0681 e. The molecule has 8 nitrogen and oxygen atoms in total. The Balaban J connectivity index is 1.10. The molecule has 0 aromatic carbocycles. The Bertz CT molecular complexity index is 1120. The second-order valence-corrected chi connectivity index (χ2v) is 21.4. The summed E-state index contributed by atoms with van der Waals surface area (Å²) in [5, 5.41) is 30.4. The summed E-state index contributed by atoms with van der Waals surface area (Å²) in [4.78, 5) is 0.147. The normalized spacial score (nSPS) is 62.5. The summed E-state index contributed by atoms with van der Waals surface area (Å²) in [6.07, 6.45) is 10.5. The van der Waals surface area contributed by atoms with E-state index in [4.69, 9.17) is 69.6 Å². The second kappa shape index (κ2) is 14.1. The van der Waals surface area contributed by atoms with Crippen LogP contribution in [0.5, 0.6) is 0 Å². The molecular formula is C32H48Br2Cl6N8. The maximum Gasteiger partial charge on any atom is 0.0681 e. The largest absolute Gasteiger partial charge is 0.286 e. The van der Waals surface area contributed by atoms with Crippen molar-refractivity contribution in [2.24, 2.45) is 47.3 Å². The quantitative estimate of drug-likeness (QED) is 0.167. The molecule has 9 rings (SSSR count). The lowest BCUT2D eigenvalue weighted by molar-refractivity contribution is 0.173. The van der Waals surface area contributed by atoms with E-state index >= 15 is 0 Å². The molecule has 5 saturated heterocycles. The van der Waals surface area contributed by atoms with Crippen LogP contribution in [0.3, 0.4) is 0 Å². The van der Waals surface area contributed by atoms with Gasteiger partial charge in [0.1, 0.15) is 0 Å². The highest BCUT2D eigenvalue weighted by molar-refractivity contribution is 9.12. The van der Waals surface area contributed by atoms with Crippen molar-refractivity contribution in [1.29, 1.82) is 0 Å². The second-order valence-electron chi connectivity index (χ2n) is 16.2. The predicted molar refractivity (Wildman–Crippen MR) is 204 cm³/mol. The molecule has 24 atom stereocenters. The Hall–Kier alpha value is 2.38. The summed E-state index contributed by atoms with van der Waals surface area (Å²) in [5.74, 6) is 2.37. The number of alkyl halides is 8. The summed E-state index contributed by atoms with van der Waals surface area (Å²) >= 11 is 50.8. The lowest BCUT2D eigenvalue weighted by Gasteiger charge is -2.45. The molecule has 0 spiro atoms. The average molecular weight is 917 g/mol. The van der Waals surface area contributed by atoms with E-state index in [9.17, 15) is 0 Å². The van der Waals surface area contributed by atoms with Crippen LogP contribution in [0.25, 0.3) is 0 Å². The minimum absolute atomic E-state index is 0.00355. The van der Waals surface area contributed by atoms with Crippen molar-refractivity contribution in [3.63, 3.8) is 0 Å². The van der Waals surface area contributed by atoms with Crippen LogP contribution in [0.2, 0.25) is 0 Å². The van der Waals surface area contributed by atoms with E-state index in [1.807, 2.05) is 0 Å². The van der Waals surface area contributed by atoms with Crippen LogP contribution >= 0.6 is 101 Å². The summed E-state index contributed by atoms with van der Waals surface area (Å²) in [6.45, 7) is 0. The molecule has 16 heteroatoms. The van der Waals surface area contributed by atoms with Crippen LogP contribution in [0, 0.1) is 47.3 Å². The van der Waals surface area contributed by atoms with Gasteiger partial charge < -0.3 is 0 Å². The van der Waals surface area contributed by atoms with Crippen molar-refractivity contribution < 1.29 is 0 Å². The minimum Gasteiger partial charge on any atom is -0.286 e. The lowest BCUT2D eigenvalue weighted by atomic mass is 9.75. The van der Waals surface area contributed by atoms with Gasteiger partial charge in [-0.25, -0.2) is 0 Å². The molecule has 4 aliphatic carbocycles. The SMILES string of the molecule is ClC1C(Cl)C(Cl)C2C3NC(NC4NC(NC5NC(NC6NC(N3)C3C(Cl)C(Cl)C(Br)C(Br)C63)C3CCCCC53)C3CCCCC43)C2C1Cl. The number of hydrogen-bond acceptors (Lipinski definition) is 8. The molecule has 272 valence electrons. The molecular weight excluding hydrogens is 869 g/mol. The van der Waals surface area contributed by atoms with Crippen LogP contribution in [-0.4, -0.2) is 91.2 Å². The summed E-state index contributed by atoms with van der Waals surface area (Å²) in [7, 11) is 0. The van der Waals surface area contributed by atoms with E-state index in [-0.39, 0.29) is 104 Å². The summed E-state index contributed by atoms with van der Waals surface area (Å²) < 4.78 is 0. The number of halogens is 8. The monoisotopic (exact) mass is 912 g/mol. The molecule has 0 radical (unpaired) electrons. The number of fused-ring (bicyclic) bond motifs is 20. The molecule has 9 fully saturated rings. The van der Waals surface area contributed by atoms with Gasteiger partial charge in [0, 0.05) is 33.3 Å². The Morgan fingerprint density at radius 1 is 0.312 bits per heavy atom. The highest BCUT2D eigenvalue weighted by Crippen LogP contribution is 2.51. The molecule has 48 heavy (non-hydrogen) atoms. The first-order valence-electron chi connectivity index (χ1n) is 18.3. The van der Waals surface area contributed by atoms with Gasteiger partial charge in [-0.15, -0.1) is 69.6 Å². The van der Waals surface area contributed by atoms with Crippen LogP contribution in [0.4, 0.5) is 0 Å². The Morgan fingerprint density at radius 2 is 0.583 bits per heavy atom. The maximum atomic E-state index is 7.33. The summed E-state index contributed by atoms with van der Waals surface area (Å²) in [5.41, 5.74) is 0. The standard InChI is InChI=1S/C32H48Br2Cl6N8/c33-17-13-14(19(35)22(38)18(17)34)30-46-29(13)44-27-11-7-3-1-5-9(11)25(42-27)41-26-10-6-2-4-8-12(10)28(43-26)45-31-15-16(32(47-30)48-31)21(37)24(40)23(39)20(15)36/h9-32,41-48H,1-8H2. The fourth-order valence-corrected chi connectivity index (χ4v) is 16.4. The first-order valence-corrected chi connectivity index (χ1v) is 22.8. The van der Waals surface area contributed by atoms with Gasteiger partial charge in [-0.1, -0.05) is 57.5 Å². The zero-order valence-corrected chi connectivity index (χ0v) is 34.2. The van der Waals surface area contributed by atoms with Crippen molar-refractivity contribution in [3.8, 4) is 0 Å². The van der Waals surface area contributed by atoms with Crippen LogP contribution < -0.4 is 42.5 Å². The van der Waals surface area contributed by atoms with Crippen LogP contribution in [0.15, 0.2) is 0 Å². The third-order valence-corrected chi connectivity index (χ3v) is 21.2. The van der Waals surface area contributed by atoms with Gasteiger partial charge in [0.15, 0.2) is 0 Å². The molecule has 8 bridgehead atoms. The van der Waals surface area contributed by atoms with Gasteiger partial charge in [-0.05, 0) is 49.4 Å². The number of rotatable bonds is 0. The average Bonchev–Trinajstić information content (AvgIpc) is 3.83. The van der Waals surface area contributed by atoms with Crippen molar-refractivity contribution >= 4 is 101 Å². The van der Waals surface area contributed by atoms with Gasteiger partial charge in [-0.3, -0.25) is 42.5 Å². The molecule has 5 heterocycles. The zero-order chi connectivity index (χ0) is 33.2. The van der Waals surface area contributed by atoms with Crippen molar-refractivity contribution in [3.05, 3.63) is 0 Å². The highest BCUT2D eigenvalue weighted by Gasteiger charge is 2.62. The predicted octanol–water partition coefficient (Wildman–Crippen LogP) is 4.66. The Labute approximate surface area is 331 Å². The van der Waals surface area contributed by atoms with Gasteiger partial charge in [0.05, 0.1) is 81.6 Å². The van der Waals surface area contributed by atoms with E-state index in [0.717, 1.165) is 0 Å². The van der Waals surface area contributed by atoms with Gasteiger partial charge >= 0.3 is 0 Å².